The van der Waals surface area contributed by atoms with Gasteiger partial charge in [-0.1, -0.05) is 25.7 Å². The first-order valence-electron chi connectivity index (χ1n) is 8.15. The second-order valence-electron chi connectivity index (χ2n) is 6.77. The van der Waals surface area contributed by atoms with Crippen molar-refractivity contribution in [3.05, 3.63) is 18.2 Å². The van der Waals surface area contributed by atoms with Crippen molar-refractivity contribution in [2.24, 2.45) is 24.8 Å². The number of amides is 1. The number of fused-ring (bicyclic) bond motifs is 1. The fourth-order valence-electron chi connectivity index (χ4n) is 4.66. The van der Waals surface area contributed by atoms with Crippen LogP contribution in [0.4, 0.5) is 0 Å². The van der Waals surface area contributed by atoms with Gasteiger partial charge >= 0.3 is 0 Å². The number of nitrogens with zero attached hydrogens (tertiary/aromatic N) is 2. The van der Waals surface area contributed by atoms with Crippen molar-refractivity contribution < 1.29 is 9.53 Å². The van der Waals surface area contributed by atoms with Crippen LogP contribution in [0.25, 0.3) is 0 Å². The Labute approximate surface area is 125 Å². The lowest BCUT2D eigenvalue weighted by atomic mass is 9.61. The number of carbonyl (C=O) groups excluding carboxylic acids is 1. The number of aryl methyl sites for hydroxylation is 1. The third-order valence-electron chi connectivity index (χ3n) is 5.70. The molecule has 0 bridgehead atoms. The lowest BCUT2D eigenvalue weighted by Crippen LogP contribution is -2.63. The molecule has 1 amide bonds. The zero-order chi connectivity index (χ0) is 14.4. The van der Waals surface area contributed by atoms with E-state index in [1.807, 2.05) is 13.2 Å². The van der Waals surface area contributed by atoms with E-state index in [1.165, 1.54) is 25.7 Å². The second-order valence-corrected chi connectivity index (χ2v) is 6.77. The van der Waals surface area contributed by atoms with Gasteiger partial charge in [0, 0.05) is 43.9 Å². The fourth-order valence-corrected chi connectivity index (χ4v) is 4.66. The summed E-state index contributed by atoms with van der Waals surface area (Å²) in [5.74, 6) is 2.23. The van der Waals surface area contributed by atoms with Crippen LogP contribution in [0, 0.1) is 17.8 Å². The van der Waals surface area contributed by atoms with E-state index in [-0.39, 0.29) is 11.9 Å². The monoisotopic (exact) mass is 289 g/mol. The Hall–Kier alpha value is -1.36. The van der Waals surface area contributed by atoms with Crippen molar-refractivity contribution >= 4 is 5.91 Å². The molecule has 0 radical (unpaired) electrons. The molecule has 0 spiro atoms. The SMILES string of the molecule is Cn1ccnc1C(=O)N[C@@H]1[C@@H]2CCO[C@@H]2[C@@H]1C1CCCC1. The molecule has 21 heavy (non-hydrogen) atoms. The summed E-state index contributed by atoms with van der Waals surface area (Å²) in [6, 6.07) is 0.282. The lowest BCUT2D eigenvalue weighted by molar-refractivity contribution is -0.0785. The van der Waals surface area contributed by atoms with Crippen LogP contribution in [0.2, 0.25) is 0 Å². The topological polar surface area (TPSA) is 56.2 Å². The molecule has 3 aliphatic rings. The maximum Gasteiger partial charge on any atom is 0.287 e. The Morgan fingerprint density at radius 3 is 2.90 bits per heavy atom. The van der Waals surface area contributed by atoms with Gasteiger partial charge in [0.25, 0.3) is 5.91 Å². The molecule has 0 aromatic carbocycles. The highest BCUT2D eigenvalue weighted by molar-refractivity contribution is 5.91. The number of imidazole rings is 1. The molecule has 1 aromatic heterocycles. The van der Waals surface area contributed by atoms with Crippen LogP contribution in [0.1, 0.15) is 42.7 Å². The van der Waals surface area contributed by atoms with Gasteiger partial charge in [0.2, 0.25) is 0 Å². The molecule has 114 valence electrons. The van der Waals surface area contributed by atoms with E-state index in [0.717, 1.165) is 18.9 Å². The van der Waals surface area contributed by atoms with E-state index in [4.69, 9.17) is 4.74 Å². The minimum atomic E-state index is -0.0409. The Bertz CT molecular complexity index is 531. The molecule has 5 heteroatoms. The quantitative estimate of drug-likeness (QED) is 0.922. The van der Waals surface area contributed by atoms with Gasteiger partial charge in [-0.05, 0) is 12.3 Å². The van der Waals surface area contributed by atoms with E-state index in [2.05, 4.69) is 10.3 Å². The normalized spacial score (nSPS) is 35.5. The van der Waals surface area contributed by atoms with Gasteiger partial charge in [-0.15, -0.1) is 0 Å². The highest BCUT2D eigenvalue weighted by Gasteiger charge is 2.57. The summed E-state index contributed by atoms with van der Waals surface area (Å²) in [5, 5.41) is 3.26. The summed E-state index contributed by atoms with van der Waals surface area (Å²) in [6.45, 7) is 0.854. The molecular formula is C16H23N3O2. The van der Waals surface area contributed by atoms with Gasteiger partial charge in [-0.2, -0.15) is 0 Å². The van der Waals surface area contributed by atoms with Gasteiger partial charge in [-0.3, -0.25) is 4.79 Å². The lowest BCUT2D eigenvalue weighted by Gasteiger charge is -2.50. The van der Waals surface area contributed by atoms with Crippen molar-refractivity contribution in [3.63, 3.8) is 0 Å². The van der Waals surface area contributed by atoms with Crippen LogP contribution in [0.15, 0.2) is 12.4 Å². The predicted molar refractivity (Wildman–Crippen MR) is 77.8 cm³/mol. The Morgan fingerprint density at radius 2 is 2.19 bits per heavy atom. The summed E-state index contributed by atoms with van der Waals surface area (Å²) in [4.78, 5) is 16.6. The highest BCUT2D eigenvalue weighted by atomic mass is 16.5. The summed E-state index contributed by atoms with van der Waals surface area (Å²) in [7, 11) is 1.86. The van der Waals surface area contributed by atoms with Crippen molar-refractivity contribution in [2.75, 3.05) is 6.61 Å². The first kappa shape index (κ1) is 13.3. The van der Waals surface area contributed by atoms with Gasteiger partial charge in [0.1, 0.15) is 0 Å². The minimum absolute atomic E-state index is 0.0409. The smallest absolute Gasteiger partial charge is 0.287 e. The molecule has 1 N–H and O–H groups in total. The maximum atomic E-state index is 12.4. The van der Waals surface area contributed by atoms with Crippen LogP contribution >= 0.6 is 0 Å². The number of aromatic nitrogens is 2. The second kappa shape index (κ2) is 5.13. The number of ether oxygens (including phenoxy) is 1. The molecule has 2 aliphatic carbocycles. The van der Waals surface area contributed by atoms with E-state index in [0.29, 0.717) is 23.8 Å². The van der Waals surface area contributed by atoms with Gasteiger partial charge in [-0.25, -0.2) is 4.98 Å². The average Bonchev–Trinajstić information content (AvgIpc) is 3.17. The standard InChI is InChI=1S/C16H23N3O2/c1-19-8-7-17-15(19)16(20)18-13-11-6-9-21-14(11)12(13)10-4-2-3-5-10/h7-8,10-14H,2-6,9H2,1H3,(H,18,20)/t11-,12+,13+,14-/m0/s1. The van der Waals surface area contributed by atoms with Crippen LogP contribution in [0.3, 0.4) is 0 Å². The first-order chi connectivity index (χ1) is 10.3. The zero-order valence-corrected chi connectivity index (χ0v) is 12.5. The Balaban J connectivity index is 1.50. The van der Waals surface area contributed by atoms with Gasteiger partial charge in [0.15, 0.2) is 5.82 Å². The molecule has 2 saturated carbocycles. The van der Waals surface area contributed by atoms with Crippen molar-refractivity contribution in [1.82, 2.24) is 14.9 Å². The van der Waals surface area contributed by atoms with Crippen LogP contribution in [-0.4, -0.2) is 34.2 Å². The molecular weight excluding hydrogens is 266 g/mol. The number of nitrogens with one attached hydrogen (secondary N) is 1. The largest absolute Gasteiger partial charge is 0.377 e. The summed E-state index contributed by atoms with van der Waals surface area (Å²) in [6.07, 6.45) is 10.2. The number of hydrogen-bond acceptors (Lipinski definition) is 3. The Kier molecular flexibility index (Phi) is 3.25. The van der Waals surface area contributed by atoms with Crippen molar-refractivity contribution in [2.45, 2.75) is 44.2 Å². The van der Waals surface area contributed by atoms with E-state index < -0.39 is 0 Å². The molecule has 0 unspecified atom stereocenters. The van der Waals surface area contributed by atoms with Crippen molar-refractivity contribution in [1.29, 1.82) is 0 Å². The molecule has 1 aliphatic heterocycles. The molecule has 4 rings (SSSR count). The van der Waals surface area contributed by atoms with E-state index in [1.54, 1.807) is 10.8 Å². The first-order valence-corrected chi connectivity index (χ1v) is 8.15. The highest BCUT2D eigenvalue weighted by Crippen LogP contribution is 2.51. The third kappa shape index (κ3) is 2.09. The van der Waals surface area contributed by atoms with Gasteiger partial charge < -0.3 is 14.6 Å². The number of hydrogen-bond donors (Lipinski definition) is 1. The summed E-state index contributed by atoms with van der Waals surface area (Å²) < 4.78 is 7.71. The minimum Gasteiger partial charge on any atom is -0.377 e. The molecule has 1 aromatic rings. The average molecular weight is 289 g/mol. The summed E-state index contributed by atoms with van der Waals surface area (Å²) >= 11 is 0. The molecule has 3 fully saturated rings. The predicted octanol–water partition coefficient (Wildman–Crippen LogP) is 1.74. The molecule has 5 nitrogen and oxygen atoms in total. The third-order valence-corrected chi connectivity index (χ3v) is 5.70. The zero-order valence-electron chi connectivity index (χ0n) is 12.5. The van der Waals surface area contributed by atoms with Crippen LogP contribution < -0.4 is 5.32 Å². The van der Waals surface area contributed by atoms with Crippen LogP contribution in [-0.2, 0) is 11.8 Å². The van der Waals surface area contributed by atoms with Crippen molar-refractivity contribution in [3.8, 4) is 0 Å². The van der Waals surface area contributed by atoms with E-state index >= 15 is 0 Å². The number of rotatable bonds is 3. The molecule has 2 heterocycles. The fraction of sp³-hybridized carbons (Fsp3) is 0.750. The maximum absolute atomic E-state index is 12.4. The Morgan fingerprint density at radius 1 is 1.38 bits per heavy atom. The summed E-state index contributed by atoms with van der Waals surface area (Å²) in [5.41, 5.74) is 0. The van der Waals surface area contributed by atoms with E-state index in [9.17, 15) is 4.79 Å². The molecule has 4 atom stereocenters. The number of carbonyl (C=O) groups is 1. The van der Waals surface area contributed by atoms with Gasteiger partial charge in [0.05, 0.1) is 6.10 Å². The molecule has 1 saturated heterocycles. The van der Waals surface area contributed by atoms with Crippen LogP contribution in [0.5, 0.6) is 0 Å².